The molecule has 1 aliphatic heterocycles. The van der Waals surface area contributed by atoms with Gasteiger partial charge in [0.1, 0.15) is 12.7 Å². The first kappa shape index (κ1) is 26.9. The molecule has 0 saturated heterocycles. The van der Waals surface area contributed by atoms with E-state index in [1.54, 1.807) is 12.7 Å². The number of hydrogen-bond donors (Lipinski definition) is 2. The minimum atomic E-state index is -0.766. The Balaban J connectivity index is 1.59. The van der Waals surface area contributed by atoms with Gasteiger partial charge in [0.25, 0.3) is 0 Å². The van der Waals surface area contributed by atoms with E-state index >= 15 is 0 Å². The first-order valence-electron chi connectivity index (χ1n) is 14.3. The summed E-state index contributed by atoms with van der Waals surface area (Å²) in [5.41, 5.74) is 7.11. The molecule has 6 aromatic rings. The minimum absolute atomic E-state index is 0.389. The van der Waals surface area contributed by atoms with Crippen LogP contribution in [0.3, 0.4) is 0 Å². The fraction of sp³-hybridized carbons (Fsp3) is 0.176. The normalized spacial score (nSPS) is 16.4. The highest BCUT2D eigenvalue weighted by Gasteiger charge is 2.29. The molecule has 2 aromatic heterocycles. The number of rotatable bonds is 2. The van der Waals surface area contributed by atoms with Gasteiger partial charge in [-0.2, -0.15) is 0 Å². The predicted molar refractivity (Wildman–Crippen MR) is 181 cm³/mol. The summed E-state index contributed by atoms with van der Waals surface area (Å²) in [6.07, 6.45) is 7.09. The molecule has 0 radical (unpaired) electrons. The van der Waals surface area contributed by atoms with Gasteiger partial charge in [0.15, 0.2) is 0 Å². The molecule has 42 heavy (non-hydrogen) atoms. The van der Waals surface area contributed by atoms with Crippen LogP contribution in [0, 0.1) is 0 Å². The van der Waals surface area contributed by atoms with Crippen molar-refractivity contribution in [2.75, 3.05) is 10.6 Å². The van der Waals surface area contributed by atoms with E-state index in [9.17, 15) is 0 Å². The molecule has 0 spiro atoms. The fourth-order valence-corrected chi connectivity index (χ4v) is 11.2. The molecule has 208 valence electrons. The quantitative estimate of drug-likeness (QED) is 0.212. The lowest BCUT2D eigenvalue weighted by atomic mass is 10.2. The summed E-state index contributed by atoms with van der Waals surface area (Å²) in [5, 5.41) is 15.2. The number of nitrogens with one attached hydrogen (secondary N) is 2. The van der Waals surface area contributed by atoms with Crippen LogP contribution >= 0.6 is 15.8 Å². The zero-order valence-corrected chi connectivity index (χ0v) is 25.9. The molecule has 1 aliphatic rings. The molecule has 4 aromatic carbocycles. The van der Waals surface area contributed by atoms with Crippen LogP contribution < -0.4 is 31.9 Å². The van der Waals surface area contributed by atoms with Crippen LogP contribution in [0.2, 0.25) is 0 Å². The zero-order chi connectivity index (χ0) is 28.8. The van der Waals surface area contributed by atoms with E-state index in [0.717, 1.165) is 44.6 Å². The summed E-state index contributed by atoms with van der Waals surface area (Å²) in [5.74, 6) is 0. The molecule has 0 bridgehead atoms. The van der Waals surface area contributed by atoms with Crippen LogP contribution in [0.25, 0.3) is 21.8 Å². The van der Waals surface area contributed by atoms with Crippen LogP contribution in [-0.4, -0.2) is 31.3 Å². The largest absolute Gasteiger partial charge is 0.354 e. The molecule has 7 rings (SSSR count). The Morgan fingerprint density at radius 3 is 1.40 bits per heavy atom. The second kappa shape index (κ2) is 11.0. The van der Waals surface area contributed by atoms with Gasteiger partial charge < -0.3 is 10.6 Å². The van der Waals surface area contributed by atoms with Crippen LogP contribution in [0.4, 0.5) is 22.7 Å². The van der Waals surface area contributed by atoms with E-state index < -0.39 is 15.8 Å². The van der Waals surface area contributed by atoms with E-state index in [4.69, 9.17) is 0 Å². The Kier molecular flexibility index (Phi) is 7.06. The van der Waals surface area contributed by atoms with Crippen LogP contribution in [0.1, 0.15) is 27.7 Å². The van der Waals surface area contributed by atoms with Crippen molar-refractivity contribution in [3.05, 3.63) is 97.8 Å². The Morgan fingerprint density at radius 2 is 0.952 bits per heavy atom. The second-order valence-electron chi connectivity index (χ2n) is 11.1. The zero-order valence-electron chi connectivity index (χ0n) is 24.1. The summed E-state index contributed by atoms with van der Waals surface area (Å²) in [6.45, 7) is 9.31. The van der Waals surface area contributed by atoms with Gasteiger partial charge in [-0.1, -0.05) is 64.1 Å². The number of benzene rings is 4. The van der Waals surface area contributed by atoms with Gasteiger partial charge in [0, 0.05) is 67.1 Å². The van der Waals surface area contributed by atoms with E-state index in [2.05, 4.69) is 131 Å². The van der Waals surface area contributed by atoms with Gasteiger partial charge in [-0.3, -0.25) is 0 Å². The smallest absolute Gasteiger partial charge is 0.116 e. The lowest BCUT2D eigenvalue weighted by molar-refractivity contribution is 1.10. The Hall–Kier alpha value is -3.98. The number of aromatic nitrogens is 4. The molecule has 6 nitrogen and oxygen atoms in total. The van der Waals surface area contributed by atoms with Crippen molar-refractivity contribution in [3.8, 4) is 0 Å². The summed E-state index contributed by atoms with van der Waals surface area (Å²) in [7, 11) is -1.53. The van der Waals surface area contributed by atoms with Gasteiger partial charge >= 0.3 is 0 Å². The number of para-hydroxylation sites is 2. The molecule has 0 aliphatic carbocycles. The molecule has 2 atom stereocenters. The minimum Gasteiger partial charge on any atom is -0.354 e. The Morgan fingerprint density at radius 1 is 0.524 bits per heavy atom. The molecule has 2 N–H and O–H groups in total. The maximum absolute atomic E-state index is 4.64. The third-order valence-electron chi connectivity index (χ3n) is 7.66. The third-order valence-corrected chi connectivity index (χ3v) is 13.3. The summed E-state index contributed by atoms with van der Waals surface area (Å²) in [4.78, 5) is 18.0. The molecular formula is C34H32N6P2. The Bertz CT molecular complexity index is 1800. The SMILES string of the molecule is CC(C)P1c2ccccc2Nc2ccccc2P(C(C)C)c2cc3cncnc3cc2Nc2cc3ncncc3cc21. The predicted octanol–water partition coefficient (Wildman–Crippen LogP) is 7.06. The first-order chi connectivity index (χ1) is 20.5. The van der Waals surface area contributed by atoms with Crippen molar-refractivity contribution in [1.29, 1.82) is 0 Å². The lowest BCUT2D eigenvalue weighted by Gasteiger charge is -2.32. The van der Waals surface area contributed by atoms with Gasteiger partial charge in [0.2, 0.25) is 0 Å². The first-order valence-corrected chi connectivity index (χ1v) is 17.1. The maximum atomic E-state index is 4.64. The lowest BCUT2D eigenvalue weighted by Crippen LogP contribution is -2.27. The highest BCUT2D eigenvalue weighted by molar-refractivity contribution is 7.74. The van der Waals surface area contributed by atoms with Crippen molar-refractivity contribution in [2.24, 2.45) is 0 Å². The highest BCUT2D eigenvalue weighted by atomic mass is 31.1. The van der Waals surface area contributed by atoms with Gasteiger partial charge in [0.05, 0.1) is 11.0 Å². The molecule has 0 saturated carbocycles. The molecule has 3 heterocycles. The molecule has 8 heteroatoms. The highest BCUT2D eigenvalue weighted by Crippen LogP contribution is 2.48. The van der Waals surface area contributed by atoms with Crippen molar-refractivity contribution in [2.45, 2.75) is 39.0 Å². The number of anilines is 4. The summed E-state index contributed by atoms with van der Waals surface area (Å²) < 4.78 is 0. The van der Waals surface area contributed by atoms with E-state index in [0.29, 0.717) is 11.3 Å². The van der Waals surface area contributed by atoms with Gasteiger partial charge in [-0.25, -0.2) is 19.9 Å². The van der Waals surface area contributed by atoms with Crippen molar-refractivity contribution in [3.63, 3.8) is 0 Å². The number of fused-ring (bicyclic) bond motifs is 6. The molecule has 0 fully saturated rings. The summed E-state index contributed by atoms with van der Waals surface area (Å²) >= 11 is 0. The topological polar surface area (TPSA) is 75.6 Å². The number of hydrogen-bond acceptors (Lipinski definition) is 6. The van der Waals surface area contributed by atoms with Crippen LogP contribution in [0.5, 0.6) is 0 Å². The number of nitrogens with zero attached hydrogens (tertiary/aromatic N) is 4. The van der Waals surface area contributed by atoms with Crippen molar-refractivity contribution < 1.29 is 0 Å². The average Bonchev–Trinajstić information content (AvgIpc) is 2.98. The van der Waals surface area contributed by atoms with Gasteiger partial charge in [-0.05, 0) is 63.6 Å². The monoisotopic (exact) mass is 586 g/mol. The summed E-state index contributed by atoms with van der Waals surface area (Å²) in [6, 6.07) is 26.6. The van der Waals surface area contributed by atoms with Gasteiger partial charge in [-0.15, -0.1) is 0 Å². The third kappa shape index (κ3) is 4.79. The standard InChI is InChI=1S/C34H32N6P2/c1-21(2)41-31-11-7-5-9-25(31)39-26-10-6-8-12-32(26)42(22(3)4)34-14-24-18-36-20-38-28(24)16-30(34)40-29-15-27-23(13-33(29)41)17-35-19-37-27/h5-22,39-40H,1-4H3. The molecule has 0 amide bonds. The van der Waals surface area contributed by atoms with Crippen LogP contribution in [0.15, 0.2) is 97.8 Å². The second-order valence-corrected chi connectivity index (χ2v) is 16.6. The van der Waals surface area contributed by atoms with E-state index in [1.165, 1.54) is 21.2 Å². The maximum Gasteiger partial charge on any atom is 0.116 e. The van der Waals surface area contributed by atoms with Crippen molar-refractivity contribution in [1.82, 2.24) is 19.9 Å². The Labute approximate surface area is 248 Å². The molecular weight excluding hydrogens is 554 g/mol. The average molecular weight is 587 g/mol. The van der Waals surface area contributed by atoms with Crippen LogP contribution in [-0.2, 0) is 0 Å². The molecule has 2 unspecified atom stereocenters. The van der Waals surface area contributed by atoms with E-state index in [-0.39, 0.29) is 0 Å². The fourth-order valence-electron chi connectivity index (χ4n) is 5.87. The van der Waals surface area contributed by atoms with Crippen molar-refractivity contribution >= 4 is 81.6 Å². The van der Waals surface area contributed by atoms with E-state index in [1.807, 2.05) is 12.4 Å².